The van der Waals surface area contributed by atoms with E-state index in [1.54, 1.807) is 6.20 Å². The number of hydrogen-bond donors (Lipinski definition) is 2. The molecule has 16 heavy (non-hydrogen) atoms. The van der Waals surface area contributed by atoms with Gasteiger partial charge in [-0.15, -0.1) is 0 Å². The average Bonchev–Trinajstić information content (AvgIpc) is 2.68. The lowest BCUT2D eigenvalue weighted by atomic mass is 10.3. The van der Waals surface area contributed by atoms with Crippen LogP contribution in [0.15, 0.2) is 6.20 Å². The lowest BCUT2D eigenvalue weighted by Gasteiger charge is -2.04. The number of aryl methyl sites for hydroxylation is 2. The zero-order valence-corrected chi connectivity index (χ0v) is 9.56. The molecule has 0 unspecified atom stereocenters. The highest BCUT2D eigenvalue weighted by Crippen LogP contribution is 2.19. The molecule has 0 radical (unpaired) electrons. The van der Waals surface area contributed by atoms with Crippen LogP contribution in [-0.4, -0.2) is 19.7 Å². The van der Waals surface area contributed by atoms with E-state index in [9.17, 15) is 0 Å². The number of aromatic nitrogens is 4. The number of nitrogen functional groups attached to an aromatic ring is 1. The first kappa shape index (κ1) is 10.8. The van der Waals surface area contributed by atoms with Crippen molar-refractivity contribution in [1.82, 2.24) is 19.7 Å². The van der Waals surface area contributed by atoms with Gasteiger partial charge in [0.15, 0.2) is 11.5 Å². The van der Waals surface area contributed by atoms with Crippen LogP contribution in [0, 0.1) is 6.92 Å². The largest absolute Gasteiger partial charge is 0.308 e. The number of anilines is 1. The van der Waals surface area contributed by atoms with Crippen molar-refractivity contribution in [2.75, 3.05) is 5.43 Å². The first-order valence-electron chi connectivity index (χ1n) is 5.43. The highest BCUT2D eigenvalue weighted by Gasteiger charge is 2.09. The molecule has 0 saturated carbocycles. The van der Waals surface area contributed by atoms with Gasteiger partial charge in [0, 0.05) is 6.54 Å². The Morgan fingerprint density at radius 2 is 2.25 bits per heavy atom. The molecule has 86 valence electrons. The summed E-state index contributed by atoms with van der Waals surface area (Å²) in [5.74, 6) is 6.74. The van der Waals surface area contributed by atoms with Crippen LogP contribution in [-0.2, 0) is 6.54 Å². The highest BCUT2D eigenvalue weighted by atomic mass is 15.3. The van der Waals surface area contributed by atoms with Gasteiger partial charge in [0.2, 0.25) is 0 Å². The molecule has 0 aliphatic rings. The molecular weight excluding hydrogens is 204 g/mol. The third-order valence-electron chi connectivity index (χ3n) is 2.47. The van der Waals surface area contributed by atoms with E-state index in [2.05, 4.69) is 27.4 Å². The van der Waals surface area contributed by atoms with E-state index in [1.807, 2.05) is 11.6 Å². The molecule has 0 amide bonds. The maximum atomic E-state index is 5.42. The first-order valence-corrected chi connectivity index (χ1v) is 5.43. The third-order valence-corrected chi connectivity index (χ3v) is 2.47. The molecule has 6 heteroatoms. The number of nitrogens with zero attached hydrogens (tertiary/aromatic N) is 4. The minimum absolute atomic E-state index is 0.630. The Bertz CT molecular complexity index is 489. The Balaban J connectivity index is 2.49. The SMILES string of the molecule is CCCCn1ncc2c(NN)nc(C)nc21. The number of unbranched alkanes of at least 4 members (excludes halogenated alkanes) is 1. The number of hydrogen-bond acceptors (Lipinski definition) is 5. The van der Waals surface area contributed by atoms with Gasteiger partial charge in [0.05, 0.1) is 11.6 Å². The Hall–Kier alpha value is -1.69. The zero-order valence-electron chi connectivity index (χ0n) is 9.56. The standard InChI is InChI=1S/C10H16N6/c1-3-4-5-16-10-8(6-12-16)9(15-11)13-7(2)14-10/h6H,3-5,11H2,1-2H3,(H,13,14,15). The average molecular weight is 220 g/mol. The van der Waals surface area contributed by atoms with Gasteiger partial charge in [-0.1, -0.05) is 13.3 Å². The quantitative estimate of drug-likeness (QED) is 0.598. The van der Waals surface area contributed by atoms with E-state index >= 15 is 0 Å². The van der Waals surface area contributed by atoms with Crippen LogP contribution in [0.4, 0.5) is 5.82 Å². The fourth-order valence-electron chi connectivity index (χ4n) is 1.65. The first-order chi connectivity index (χ1) is 7.76. The van der Waals surface area contributed by atoms with E-state index in [0.717, 1.165) is 30.4 Å². The van der Waals surface area contributed by atoms with Crippen LogP contribution in [0.2, 0.25) is 0 Å². The molecule has 0 aliphatic carbocycles. The summed E-state index contributed by atoms with van der Waals surface area (Å²) in [7, 11) is 0. The summed E-state index contributed by atoms with van der Waals surface area (Å²) < 4.78 is 1.90. The molecule has 0 spiro atoms. The van der Waals surface area contributed by atoms with Gasteiger partial charge >= 0.3 is 0 Å². The number of rotatable bonds is 4. The third kappa shape index (κ3) is 1.83. The Morgan fingerprint density at radius 3 is 2.94 bits per heavy atom. The molecule has 2 aromatic rings. The molecule has 0 aromatic carbocycles. The fraction of sp³-hybridized carbons (Fsp3) is 0.500. The van der Waals surface area contributed by atoms with E-state index < -0.39 is 0 Å². The lowest BCUT2D eigenvalue weighted by Crippen LogP contribution is -2.10. The van der Waals surface area contributed by atoms with Crippen LogP contribution in [0.5, 0.6) is 0 Å². The smallest absolute Gasteiger partial charge is 0.163 e. The van der Waals surface area contributed by atoms with Gasteiger partial charge in [0.1, 0.15) is 5.82 Å². The second-order valence-electron chi connectivity index (χ2n) is 3.72. The topological polar surface area (TPSA) is 81.7 Å². The second-order valence-corrected chi connectivity index (χ2v) is 3.72. The van der Waals surface area contributed by atoms with Crippen LogP contribution in [0.25, 0.3) is 11.0 Å². The molecule has 6 nitrogen and oxygen atoms in total. The van der Waals surface area contributed by atoms with Gasteiger partial charge in [-0.25, -0.2) is 20.5 Å². The van der Waals surface area contributed by atoms with Crippen LogP contribution < -0.4 is 11.3 Å². The molecule has 0 saturated heterocycles. The van der Waals surface area contributed by atoms with E-state index in [4.69, 9.17) is 5.84 Å². The van der Waals surface area contributed by atoms with Crippen molar-refractivity contribution < 1.29 is 0 Å². The van der Waals surface area contributed by atoms with Crippen LogP contribution in [0.3, 0.4) is 0 Å². The van der Waals surface area contributed by atoms with Crippen molar-refractivity contribution in [3.05, 3.63) is 12.0 Å². The van der Waals surface area contributed by atoms with Crippen molar-refractivity contribution >= 4 is 16.9 Å². The minimum atomic E-state index is 0.630. The molecule has 0 atom stereocenters. The van der Waals surface area contributed by atoms with Crippen LogP contribution >= 0.6 is 0 Å². The fourth-order valence-corrected chi connectivity index (χ4v) is 1.65. The molecule has 0 bridgehead atoms. The number of nitrogens with one attached hydrogen (secondary N) is 1. The van der Waals surface area contributed by atoms with Crippen LogP contribution in [0.1, 0.15) is 25.6 Å². The summed E-state index contributed by atoms with van der Waals surface area (Å²) in [6, 6.07) is 0. The summed E-state index contributed by atoms with van der Waals surface area (Å²) in [6.07, 6.45) is 3.97. The summed E-state index contributed by atoms with van der Waals surface area (Å²) >= 11 is 0. The summed E-state index contributed by atoms with van der Waals surface area (Å²) in [5.41, 5.74) is 3.42. The van der Waals surface area contributed by atoms with E-state index in [1.165, 1.54) is 0 Å². The summed E-state index contributed by atoms with van der Waals surface area (Å²) in [4.78, 5) is 8.60. The molecular formula is C10H16N6. The molecule has 2 rings (SSSR count). The van der Waals surface area contributed by atoms with Crippen molar-refractivity contribution in [1.29, 1.82) is 0 Å². The van der Waals surface area contributed by atoms with Gasteiger partial charge in [-0.2, -0.15) is 5.10 Å². The van der Waals surface area contributed by atoms with Crippen molar-refractivity contribution in [2.45, 2.75) is 33.2 Å². The molecule has 0 aliphatic heterocycles. The number of fused-ring (bicyclic) bond motifs is 1. The predicted molar refractivity (Wildman–Crippen MR) is 62.8 cm³/mol. The number of nitrogens with two attached hydrogens (primary N) is 1. The lowest BCUT2D eigenvalue weighted by molar-refractivity contribution is 0.583. The Morgan fingerprint density at radius 1 is 1.44 bits per heavy atom. The van der Waals surface area contributed by atoms with Gasteiger partial charge in [0.25, 0.3) is 0 Å². The monoisotopic (exact) mass is 220 g/mol. The Labute approximate surface area is 93.8 Å². The zero-order chi connectivity index (χ0) is 11.5. The van der Waals surface area contributed by atoms with Crippen molar-refractivity contribution in [3.63, 3.8) is 0 Å². The summed E-state index contributed by atoms with van der Waals surface area (Å²) in [6.45, 7) is 4.87. The number of hydrazine groups is 1. The molecule has 2 aromatic heterocycles. The Kier molecular flexibility index (Phi) is 3.00. The maximum Gasteiger partial charge on any atom is 0.163 e. The highest BCUT2D eigenvalue weighted by molar-refractivity contribution is 5.86. The normalized spacial score (nSPS) is 10.9. The second kappa shape index (κ2) is 4.44. The van der Waals surface area contributed by atoms with Gasteiger partial charge < -0.3 is 5.43 Å². The van der Waals surface area contributed by atoms with E-state index in [-0.39, 0.29) is 0 Å². The van der Waals surface area contributed by atoms with E-state index in [0.29, 0.717) is 11.6 Å². The molecule has 0 fully saturated rings. The molecule has 3 N–H and O–H groups in total. The molecule has 2 heterocycles. The summed E-state index contributed by atoms with van der Waals surface area (Å²) in [5, 5.41) is 5.17. The maximum absolute atomic E-state index is 5.42. The predicted octanol–water partition coefficient (Wildman–Crippen LogP) is 1.22. The van der Waals surface area contributed by atoms with Gasteiger partial charge in [-0.05, 0) is 13.3 Å². The van der Waals surface area contributed by atoms with Crippen molar-refractivity contribution in [2.24, 2.45) is 5.84 Å². The van der Waals surface area contributed by atoms with Crippen molar-refractivity contribution in [3.8, 4) is 0 Å². The minimum Gasteiger partial charge on any atom is -0.308 e. The van der Waals surface area contributed by atoms with Gasteiger partial charge in [-0.3, -0.25) is 0 Å².